The van der Waals surface area contributed by atoms with Crippen LogP contribution in [0.2, 0.25) is 0 Å². The van der Waals surface area contributed by atoms with E-state index in [1.165, 1.54) is 0 Å². The number of aromatic nitrogens is 3. The fourth-order valence-electron chi connectivity index (χ4n) is 3.61. The molecule has 1 aliphatic rings. The molecule has 0 saturated carbocycles. The lowest BCUT2D eigenvalue weighted by Crippen LogP contribution is -2.37. The summed E-state index contributed by atoms with van der Waals surface area (Å²) < 4.78 is 2.11. The molecule has 1 unspecified atom stereocenters. The van der Waals surface area contributed by atoms with Crippen molar-refractivity contribution in [2.75, 3.05) is 18.1 Å². The van der Waals surface area contributed by atoms with Crippen molar-refractivity contribution in [2.45, 2.75) is 37.8 Å². The molecule has 1 atom stereocenters. The minimum Gasteiger partial charge on any atom is -0.388 e. The van der Waals surface area contributed by atoms with Gasteiger partial charge in [0.15, 0.2) is 0 Å². The summed E-state index contributed by atoms with van der Waals surface area (Å²) in [6, 6.07) is 8.15. The van der Waals surface area contributed by atoms with Crippen molar-refractivity contribution in [1.82, 2.24) is 14.5 Å². The zero-order valence-electron chi connectivity index (χ0n) is 14.5. The molecule has 0 bridgehead atoms. The van der Waals surface area contributed by atoms with E-state index < -0.39 is 5.60 Å². The molecule has 0 amide bonds. The van der Waals surface area contributed by atoms with Gasteiger partial charge < -0.3 is 15.4 Å². The highest BCUT2D eigenvalue weighted by molar-refractivity contribution is 7.99. The fourth-order valence-corrected chi connectivity index (χ4v) is 4.86. The van der Waals surface area contributed by atoms with E-state index in [0.29, 0.717) is 13.1 Å². The summed E-state index contributed by atoms with van der Waals surface area (Å²) in [5.41, 5.74) is 9.12. The SMILES string of the molecule is CC(CN)c1nc2ccccc2c2c1ncn2CC1(O)CCSCC1. The van der Waals surface area contributed by atoms with E-state index in [1.807, 2.05) is 36.3 Å². The molecule has 1 aromatic carbocycles. The largest absolute Gasteiger partial charge is 0.388 e. The van der Waals surface area contributed by atoms with Crippen LogP contribution < -0.4 is 5.73 Å². The number of nitrogens with two attached hydrogens (primary N) is 1. The smallest absolute Gasteiger partial charge is 0.111 e. The Morgan fingerprint density at radius 3 is 2.84 bits per heavy atom. The normalized spacial score (nSPS) is 18.7. The van der Waals surface area contributed by atoms with E-state index >= 15 is 0 Å². The van der Waals surface area contributed by atoms with Crippen LogP contribution in [0.25, 0.3) is 21.9 Å². The molecular formula is C19H24N4OS. The van der Waals surface area contributed by atoms with E-state index in [4.69, 9.17) is 10.7 Å². The molecule has 5 nitrogen and oxygen atoms in total. The summed E-state index contributed by atoms with van der Waals surface area (Å²) >= 11 is 1.92. The highest BCUT2D eigenvalue weighted by Gasteiger charge is 2.31. The highest BCUT2D eigenvalue weighted by atomic mass is 32.2. The maximum Gasteiger partial charge on any atom is 0.111 e. The highest BCUT2D eigenvalue weighted by Crippen LogP contribution is 2.33. The number of hydrogen-bond donors (Lipinski definition) is 2. The summed E-state index contributed by atoms with van der Waals surface area (Å²) in [6.07, 6.45) is 3.50. The van der Waals surface area contributed by atoms with Crippen LogP contribution in [0.15, 0.2) is 30.6 Å². The number of nitrogens with zero attached hydrogens (tertiary/aromatic N) is 3. The Balaban J connectivity index is 1.89. The summed E-state index contributed by atoms with van der Waals surface area (Å²) in [5, 5.41) is 12.1. The van der Waals surface area contributed by atoms with Crippen molar-refractivity contribution in [1.29, 1.82) is 0 Å². The van der Waals surface area contributed by atoms with Crippen molar-refractivity contribution in [3.63, 3.8) is 0 Å². The van der Waals surface area contributed by atoms with Gasteiger partial charge in [-0.2, -0.15) is 11.8 Å². The number of fused-ring (bicyclic) bond motifs is 3. The predicted octanol–water partition coefficient (Wildman–Crippen LogP) is 2.90. The number of rotatable bonds is 4. The Hall–Kier alpha value is -1.63. The van der Waals surface area contributed by atoms with Crippen molar-refractivity contribution < 1.29 is 5.11 Å². The first-order chi connectivity index (χ1) is 12.1. The second kappa shape index (κ2) is 6.59. The van der Waals surface area contributed by atoms with Crippen LogP contribution in [0.1, 0.15) is 31.4 Å². The lowest BCUT2D eigenvalue weighted by molar-refractivity contribution is 0.0158. The molecule has 0 spiro atoms. The van der Waals surface area contributed by atoms with Crippen molar-refractivity contribution in [3.05, 3.63) is 36.3 Å². The second-order valence-electron chi connectivity index (χ2n) is 7.06. The topological polar surface area (TPSA) is 77.0 Å². The van der Waals surface area contributed by atoms with Gasteiger partial charge in [-0.3, -0.25) is 4.98 Å². The zero-order chi connectivity index (χ0) is 17.4. The zero-order valence-corrected chi connectivity index (χ0v) is 15.3. The van der Waals surface area contributed by atoms with Crippen molar-refractivity contribution >= 4 is 33.7 Å². The van der Waals surface area contributed by atoms with Gasteiger partial charge in [-0.1, -0.05) is 25.1 Å². The van der Waals surface area contributed by atoms with Gasteiger partial charge in [0.25, 0.3) is 0 Å². The van der Waals surface area contributed by atoms with Crippen LogP contribution in [0, 0.1) is 0 Å². The number of benzene rings is 1. The molecule has 132 valence electrons. The van der Waals surface area contributed by atoms with Gasteiger partial charge in [0, 0.05) is 17.8 Å². The molecule has 3 aromatic rings. The standard InChI is InChI=1S/C19H24N4OS/c1-13(10-20)16-17-18(14-4-2-3-5-15(14)22-16)23(12-21-17)11-19(24)6-8-25-9-7-19/h2-5,12-13,24H,6-11,20H2,1H3. The summed E-state index contributed by atoms with van der Waals surface area (Å²) in [4.78, 5) is 9.49. The number of pyridine rings is 1. The van der Waals surface area contributed by atoms with Gasteiger partial charge in [0.05, 0.1) is 35.2 Å². The van der Waals surface area contributed by atoms with E-state index in [1.54, 1.807) is 0 Å². The van der Waals surface area contributed by atoms with E-state index in [0.717, 1.165) is 52.0 Å². The molecule has 2 aromatic heterocycles. The lowest BCUT2D eigenvalue weighted by Gasteiger charge is -2.32. The predicted molar refractivity (Wildman–Crippen MR) is 104 cm³/mol. The first kappa shape index (κ1) is 16.8. The minimum atomic E-state index is -0.650. The molecule has 25 heavy (non-hydrogen) atoms. The Labute approximate surface area is 151 Å². The molecule has 0 aliphatic carbocycles. The molecular weight excluding hydrogens is 332 g/mol. The Morgan fingerprint density at radius 2 is 2.08 bits per heavy atom. The van der Waals surface area contributed by atoms with Crippen LogP contribution >= 0.6 is 11.8 Å². The van der Waals surface area contributed by atoms with Gasteiger partial charge in [0.2, 0.25) is 0 Å². The van der Waals surface area contributed by atoms with E-state index in [-0.39, 0.29) is 5.92 Å². The molecule has 3 N–H and O–H groups in total. The first-order valence-corrected chi connectivity index (χ1v) is 10.0. The number of para-hydroxylation sites is 1. The minimum absolute atomic E-state index is 0.143. The van der Waals surface area contributed by atoms with Gasteiger partial charge >= 0.3 is 0 Å². The van der Waals surface area contributed by atoms with Gasteiger partial charge in [-0.25, -0.2) is 4.98 Å². The van der Waals surface area contributed by atoms with Gasteiger partial charge in [0.1, 0.15) is 5.52 Å². The third kappa shape index (κ3) is 3.03. The molecule has 6 heteroatoms. The van der Waals surface area contributed by atoms with Crippen molar-refractivity contribution in [2.24, 2.45) is 5.73 Å². The number of hydrogen-bond acceptors (Lipinski definition) is 5. The second-order valence-corrected chi connectivity index (χ2v) is 8.28. The van der Waals surface area contributed by atoms with E-state index in [2.05, 4.69) is 22.5 Å². The quantitative estimate of drug-likeness (QED) is 0.752. The Bertz CT molecular complexity index is 901. The molecule has 3 heterocycles. The summed E-state index contributed by atoms with van der Waals surface area (Å²) in [5.74, 6) is 2.17. The van der Waals surface area contributed by atoms with Crippen LogP contribution in [0.5, 0.6) is 0 Å². The monoisotopic (exact) mass is 356 g/mol. The Kier molecular flexibility index (Phi) is 4.43. The van der Waals surface area contributed by atoms with E-state index in [9.17, 15) is 5.11 Å². The van der Waals surface area contributed by atoms with Crippen LogP contribution in [-0.4, -0.2) is 43.3 Å². The molecule has 1 fully saturated rings. The average molecular weight is 356 g/mol. The van der Waals surface area contributed by atoms with Gasteiger partial charge in [-0.15, -0.1) is 0 Å². The molecule has 1 aliphatic heterocycles. The van der Waals surface area contributed by atoms with Crippen LogP contribution in [-0.2, 0) is 6.54 Å². The van der Waals surface area contributed by atoms with Gasteiger partial charge in [-0.05, 0) is 30.4 Å². The number of aliphatic hydroxyl groups is 1. The molecule has 0 radical (unpaired) electrons. The first-order valence-electron chi connectivity index (χ1n) is 8.85. The summed E-state index contributed by atoms with van der Waals surface area (Å²) in [7, 11) is 0. The maximum atomic E-state index is 11.0. The van der Waals surface area contributed by atoms with Crippen LogP contribution in [0.4, 0.5) is 0 Å². The van der Waals surface area contributed by atoms with Crippen LogP contribution in [0.3, 0.4) is 0 Å². The third-order valence-corrected chi connectivity index (χ3v) is 6.17. The number of thioether (sulfide) groups is 1. The van der Waals surface area contributed by atoms with Crippen molar-refractivity contribution in [3.8, 4) is 0 Å². The average Bonchev–Trinajstić information content (AvgIpc) is 3.04. The maximum absolute atomic E-state index is 11.0. The third-order valence-electron chi connectivity index (χ3n) is 5.19. The number of imidazole rings is 1. The fraction of sp³-hybridized carbons (Fsp3) is 0.474. The lowest BCUT2D eigenvalue weighted by atomic mass is 9.96. The Morgan fingerprint density at radius 1 is 1.32 bits per heavy atom. The summed E-state index contributed by atoms with van der Waals surface area (Å²) in [6.45, 7) is 3.20. The molecule has 1 saturated heterocycles. The molecule has 4 rings (SSSR count).